The van der Waals surface area contributed by atoms with Gasteiger partial charge in [0.1, 0.15) is 0 Å². The third-order valence-electron chi connectivity index (χ3n) is 4.14. The van der Waals surface area contributed by atoms with Gasteiger partial charge in [-0.15, -0.1) is 0 Å². The molecule has 1 heterocycles. The van der Waals surface area contributed by atoms with Gasteiger partial charge < -0.3 is 9.64 Å². The number of hydrogen-bond acceptors (Lipinski definition) is 2. The molecule has 0 aromatic heterocycles. The number of nitrogens with zero attached hydrogens (tertiary/aromatic N) is 1. The van der Waals surface area contributed by atoms with E-state index in [-0.39, 0.29) is 11.5 Å². The number of rotatable bonds is 4. The minimum Gasteiger partial charge on any atom is -0.379 e. The SMILES string of the molecule is COC(C)(C)CCN1C(=O)c2cccc3cccc1c23. The van der Waals surface area contributed by atoms with E-state index in [0.29, 0.717) is 6.54 Å². The predicted molar refractivity (Wildman–Crippen MR) is 81.3 cm³/mol. The minimum absolute atomic E-state index is 0.101. The molecule has 0 fully saturated rings. The molecule has 0 aliphatic carbocycles. The molecule has 0 bridgehead atoms. The highest BCUT2D eigenvalue weighted by Crippen LogP contribution is 2.37. The monoisotopic (exact) mass is 269 g/mol. The van der Waals surface area contributed by atoms with Gasteiger partial charge in [0, 0.05) is 24.6 Å². The quantitative estimate of drug-likeness (QED) is 0.848. The molecule has 0 radical (unpaired) electrons. The van der Waals surface area contributed by atoms with E-state index < -0.39 is 0 Å². The Hall–Kier alpha value is -1.87. The van der Waals surface area contributed by atoms with Crippen LogP contribution in [-0.4, -0.2) is 25.2 Å². The van der Waals surface area contributed by atoms with Crippen LogP contribution in [0.5, 0.6) is 0 Å². The second kappa shape index (κ2) is 4.60. The molecule has 3 nitrogen and oxygen atoms in total. The van der Waals surface area contributed by atoms with Crippen molar-refractivity contribution in [1.82, 2.24) is 0 Å². The average Bonchev–Trinajstić information content (AvgIpc) is 2.73. The lowest BCUT2D eigenvalue weighted by Crippen LogP contribution is -2.34. The zero-order valence-electron chi connectivity index (χ0n) is 12.1. The summed E-state index contributed by atoms with van der Waals surface area (Å²) in [6.45, 7) is 4.76. The molecular weight excluding hydrogens is 250 g/mol. The second-order valence-electron chi connectivity index (χ2n) is 5.85. The summed E-state index contributed by atoms with van der Waals surface area (Å²) in [5.41, 5.74) is 1.62. The fourth-order valence-corrected chi connectivity index (χ4v) is 2.68. The first kappa shape index (κ1) is 13.1. The van der Waals surface area contributed by atoms with Gasteiger partial charge in [0.15, 0.2) is 0 Å². The Bertz CT molecular complexity index is 670. The highest BCUT2D eigenvalue weighted by molar-refractivity contribution is 6.24. The molecule has 2 aromatic carbocycles. The average molecular weight is 269 g/mol. The van der Waals surface area contributed by atoms with Crippen molar-refractivity contribution in [3.05, 3.63) is 42.0 Å². The summed E-state index contributed by atoms with van der Waals surface area (Å²) in [5, 5.41) is 2.21. The van der Waals surface area contributed by atoms with Crippen LogP contribution in [0.15, 0.2) is 36.4 Å². The van der Waals surface area contributed by atoms with Crippen LogP contribution in [0.4, 0.5) is 5.69 Å². The van der Waals surface area contributed by atoms with E-state index in [1.807, 2.05) is 43.0 Å². The maximum Gasteiger partial charge on any atom is 0.258 e. The van der Waals surface area contributed by atoms with E-state index >= 15 is 0 Å². The number of anilines is 1. The lowest BCUT2D eigenvalue weighted by Gasteiger charge is -2.26. The van der Waals surface area contributed by atoms with Gasteiger partial charge in [-0.3, -0.25) is 4.79 Å². The maximum absolute atomic E-state index is 12.6. The molecule has 104 valence electrons. The second-order valence-corrected chi connectivity index (χ2v) is 5.85. The summed E-state index contributed by atoms with van der Waals surface area (Å²) in [6.07, 6.45) is 0.805. The lowest BCUT2D eigenvalue weighted by molar-refractivity contribution is 0.0173. The van der Waals surface area contributed by atoms with Crippen LogP contribution in [0.25, 0.3) is 10.8 Å². The van der Waals surface area contributed by atoms with Crippen LogP contribution < -0.4 is 4.90 Å². The van der Waals surface area contributed by atoms with E-state index in [2.05, 4.69) is 12.1 Å². The number of benzene rings is 2. The Labute approximate surface area is 119 Å². The molecule has 0 saturated heterocycles. The van der Waals surface area contributed by atoms with Crippen LogP contribution in [0, 0.1) is 0 Å². The van der Waals surface area contributed by atoms with Crippen LogP contribution in [0.3, 0.4) is 0 Å². The fourth-order valence-electron chi connectivity index (χ4n) is 2.68. The molecule has 2 aromatic rings. The van der Waals surface area contributed by atoms with Gasteiger partial charge in [0.05, 0.1) is 11.3 Å². The summed E-state index contributed by atoms with van der Waals surface area (Å²) in [4.78, 5) is 14.4. The molecule has 0 saturated carbocycles. The normalized spacial score (nSPS) is 14.3. The Morgan fingerprint density at radius 3 is 2.55 bits per heavy atom. The minimum atomic E-state index is -0.219. The van der Waals surface area contributed by atoms with Crippen LogP contribution in [0.1, 0.15) is 30.6 Å². The molecule has 1 amide bonds. The third kappa shape index (κ3) is 1.98. The van der Waals surface area contributed by atoms with Gasteiger partial charge in [0.25, 0.3) is 5.91 Å². The fraction of sp³-hybridized carbons (Fsp3) is 0.353. The van der Waals surface area contributed by atoms with Gasteiger partial charge in [-0.05, 0) is 37.8 Å². The highest BCUT2D eigenvalue weighted by Gasteiger charge is 2.30. The Morgan fingerprint density at radius 1 is 1.15 bits per heavy atom. The molecule has 0 unspecified atom stereocenters. The molecule has 20 heavy (non-hydrogen) atoms. The lowest BCUT2D eigenvalue weighted by atomic mass is 10.0. The number of hydrogen-bond donors (Lipinski definition) is 0. The topological polar surface area (TPSA) is 29.5 Å². The molecule has 3 heteroatoms. The Kier molecular flexibility index (Phi) is 3.02. The van der Waals surface area contributed by atoms with E-state index in [0.717, 1.165) is 28.4 Å². The zero-order chi connectivity index (χ0) is 14.3. The maximum atomic E-state index is 12.6. The van der Waals surface area contributed by atoms with Crippen LogP contribution in [0.2, 0.25) is 0 Å². The smallest absolute Gasteiger partial charge is 0.258 e. The molecule has 1 aliphatic heterocycles. The van der Waals surface area contributed by atoms with Crippen molar-refractivity contribution in [2.45, 2.75) is 25.9 Å². The van der Waals surface area contributed by atoms with Crippen molar-refractivity contribution in [1.29, 1.82) is 0 Å². The molecule has 0 N–H and O–H groups in total. The van der Waals surface area contributed by atoms with E-state index in [9.17, 15) is 4.79 Å². The highest BCUT2D eigenvalue weighted by atomic mass is 16.5. The van der Waals surface area contributed by atoms with Crippen molar-refractivity contribution in [3.8, 4) is 0 Å². The number of ether oxygens (including phenoxy) is 1. The van der Waals surface area contributed by atoms with E-state index in [1.54, 1.807) is 7.11 Å². The number of amides is 1. The van der Waals surface area contributed by atoms with Crippen molar-refractivity contribution in [2.75, 3.05) is 18.6 Å². The van der Waals surface area contributed by atoms with Crippen molar-refractivity contribution >= 4 is 22.4 Å². The zero-order valence-corrected chi connectivity index (χ0v) is 12.1. The van der Waals surface area contributed by atoms with Crippen LogP contribution in [-0.2, 0) is 4.74 Å². The van der Waals surface area contributed by atoms with Crippen molar-refractivity contribution in [2.24, 2.45) is 0 Å². The largest absolute Gasteiger partial charge is 0.379 e. The first-order valence-corrected chi connectivity index (χ1v) is 6.92. The predicted octanol–water partition coefficient (Wildman–Crippen LogP) is 3.62. The van der Waals surface area contributed by atoms with Gasteiger partial charge in [-0.1, -0.05) is 24.3 Å². The van der Waals surface area contributed by atoms with Gasteiger partial charge in [-0.2, -0.15) is 0 Å². The van der Waals surface area contributed by atoms with Gasteiger partial charge in [-0.25, -0.2) is 0 Å². The summed E-state index contributed by atoms with van der Waals surface area (Å²) in [6, 6.07) is 12.0. The number of carbonyl (C=O) groups is 1. The van der Waals surface area contributed by atoms with Crippen LogP contribution >= 0.6 is 0 Å². The van der Waals surface area contributed by atoms with Crippen molar-refractivity contribution < 1.29 is 9.53 Å². The molecule has 0 atom stereocenters. The standard InChI is InChI=1S/C17H19NO2/c1-17(2,20-3)10-11-18-14-9-5-7-12-6-4-8-13(15(12)14)16(18)19/h4-9H,10-11H2,1-3H3. The molecule has 3 rings (SSSR count). The van der Waals surface area contributed by atoms with Gasteiger partial charge in [0.2, 0.25) is 0 Å². The Balaban J connectivity index is 1.97. The van der Waals surface area contributed by atoms with Gasteiger partial charge >= 0.3 is 0 Å². The van der Waals surface area contributed by atoms with Crippen molar-refractivity contribution in [3.63, 3.8) is 0 Å². The summed E-state index contributed by atoms with van der Waals surface area (Å²) >= 11 is 0. The number of carbonyl (C=O) groups excluding carboxylic acids is 1. The third-order valence-corrected chi connectivity index (χ3v) is 4.14. The first-order valence-electron chi connectivity index (χ1n) is 6.92. The molecular formula is C17H19NO2. The summed E-state index contributed by atoms with van der Waals surface area (Å²) < 4.78 is 5.44. The molecule has 1 aliphatic rings. The summed E-state index contributed by atoms with van der Waals surface area (Å²) in [7, 11) is 1.71. The number of methoxy groups -OCH3 is 1. The Morgan fingerprint density at radius 2 is 1.85 bits per heavy atom. The first-order chi connectivity index (χ1) is 9.53. The van der Waals surface area contributed by atoms with E-state index in [4.69, 9.17) is 4.74 Å². The molecule has 0 spiro atoms. The summed E-state index contributed by atoms with van der Waals surface area (Å²) in [5.74, 6) is 0.101. The van der Waals surface area contributed by atoms with E-state index in [1.165, 1.54) is 0 Å².